The summed E-state index contributed by atoms with van der Waals surface area (Å²) in [6.45, 7) is 0.453. The van der Waals surface area contributed by atoms with Crippen molar-refractivity contribution in [3.8, 4) is 11.5 Å². The van der Waals surface area contributed by atoms with Crippen LogP contribution in [0.5, 0.6) is 11.5 Å². The quantitative estimate of drug-likeness (QED) is 0.315. The van der Waals surface area contributed by atoms with E-state index in [4.69, 9.17) is 9.47 Å². The maximum Gasteiger partial charge on any atom is 0.244 e. The van der Waals surface area contributed by atoms with E-state index >= 15 is 0 Å². The molecule has 0 atom stereocenters. The molecule has 4 aromatic carbocycles. The van der Waals surface area contributed by atoms with E-state index in [9.17, 15) is 4.79 Å². The highest BCUT2D eigenvalue weighted by Crippen LogP contribution is 2.28. The molecule has 0 radical (unpaired) electrons. The van der Waals surface area contributed by atoms with Gasteiger partial charge in [-0.15, -0.1) is 0 Å². The monoisotopic (exact) mass is 424 g/mol. The van der Waals surface area contributed by atoms with Crippen molar-refractivity contribution in [1.82, 2.24) is 5.43 Å². The zero-order valence-corrected chi connectivity index (χ0v) is 17.8. The van der Waals surface area contributed by atoms with Crippen LogP contribution < -0.4 is 14.9 Å². The van der Waals surface area contributed by atoms with Crippen molar-refractivity contribution in [3.05, 3.63) is 108 Å². The molecule has 5 heteroatoms. The van der Waals surface area contributed by atoms with Gasteiger partial charge in [0.1, 0.15) is 6.61 Å². The fourth-order valence-corrected chi connectivity index (χ4v) is 3.46. The minimum atomic E-state index is -0.174. The summed E-state index contributed by atoms with van der Waals surface area (Å²) in [6, 6.07) is 29.4. The molecule has 0 heterocycles. The Bertz CT molecular complexity index is 1230. The summed E-state index contributed by atoms with van der Waals surface area (Å²) in [6.07, 6.45) is 1.85. The van der Waals surface area contributed by atoms with Gasteiger partial charge in [-0.3, -0.25) is 4.79 Å². The molecule has 0 aliphatic carbocycles. The SMILES string of the molecule is COc1cc(/C=N\NC(=O)Cc2cccc3ccccc23)ccc1OCc1ccccc1. The number of benzene rings is 4. The lowest BCUT2D eigenvalue weighted by Gasteiger charge is -2.11. The Morgan fingerprint density at radius 3 is 2.53 bits per heavy atom. The van der Waals surface area contributed by atoms with E-state index in [0.29, 0.717) is 18.1 Å². The van der Waals surface area contributed by atoms with Crippen LogP contribution in [0.15, 0.2) is 96.1 Å². The first kappa shape index (κ1) is 21.1. The minimum absolute atomic E-state index is 0.174. The highest BCUT2D eigenvalue weighted by molar-refractivity contribution is 5.90. The number of carbonyl (C=O) groups is 1. The molecule has 0 aliphatic heterocycles. The number of hydrazone groups is 1. The van der Waals surface area contributed by atoms with Crippen molar-refractivity contribution in [3.63, 3.8) is 0 Å². The maximum atomic E-state index is 12.4. The van der Waals surface area contributed by atoms with Crippen molar-refractivity contribution in [2.75, 3.05) is 7.11 Å². The second kappa shape index (κ2) is 10.3. The van der Waals surface area contributed by atoms with Crippen molar-refractivity contribution >= 4 is 22.9 Å². The number of amides is 1. The fraction of sp³-hybridized carbons (Fsp3) is 0.111. The molecule has 1 N–H and O–H groups in total. The molecule has 4 rings (SSSR count). The molecule has 0 bridgehead atoms. The summed E-state index contributed by atoms with van der Waals surface area (Å²) in [5.74, 6) is 1.08. The van der Waals surface area contributed by atoms with E-state index in [2.05, 4.69) is 10.5 Å². The van der Waals surface area contributed by atoms with Gasteiger partial charge in [-0.05, 0) is 45.7 Å². The Hall–Kier alpha value is -4.12. The Labute approximate surface area is 187 Å². The highest BCUT2D eigenvalue weighted by atomic mass is 16.5. The fourth-order valence-electron chi connectivity index (χ4n) is 3.46. The summed E-state index contributed by atoms with van der Waals surface area (Å²) in [7, 11) is 1.59. The van der Waals surface area contributed by atoms with Gasteiger partial charge >= 0.3 is 0 Å². The number of ether oxygens (including phenoxy) is 2. The molecule has 0 unspecified atom stereocenters. The van der Waals surface area contributed by atoms with Crippen molar-refractivity contribution < 1.29 is 14.3 Å². The van der Waals surface area contributed by atoms with E-state index in [1.54, 1.807) is 13.3 Å². The molecule has 4 aromatic rings. The average molecular weight is 425 g/mol. The molecule has 1 amide bonds. The molecule has 32 heavy (non-hydrogen) atoms. The number of methoxy groups -OCH3 is 1. The van der Waals surface area contributed by atoms with Crippen molar-refractivity contribution in [2.24, 2.45) is 5.10 Å². The van der Waals surface area contributed by atoms with Crippen LogP contribution in [0.2, 0.25) is 0 Å². The zero-order chi connectivity index (χ0) is 22.2. The molecule has 160 valence electrons. The molecule has 0 saturated heterocycles. The highest BCUT2D eigenvalue weighted by Gasteiger charge is 2.07. The smallest absolute Gasteiger partial charge is 0.244 e. The Kier molecular flexibility index (Phi) is 6.78. The summed E-state index contributed by atoms with van der Waals surface area (Å²) >= 11 is 0. The first-order valence-corrected chi connectivity index (χ1v) is 10.4. The van der Waals surface area contributed by atoms with Crippen LogP contribution in [0.1, 0.15) is 16.7 Å². The summed E-state index contributed by atoms with van der Waals surface area (Å²) in [4.78, 5) is 12.4. The lowest BCUT2D eigenvalue weighted by molar-refractivity contribution is -0.120. The molecular weight excluding hydrogens is 400 g/mol. The normalized spacial score (nSPS) is 10.9. The van der Waals surface area contributed by atoms with Crippen molar-refractivity contribution in [2.45, 2.75) is 13.0 Å². The minimum Gasteiger partial charge on any atom is -0.493 e. The maximum absolute atomic E-state index is 12.4. The molecular formula is C27H24N2O3. The van der Waals surface area contributed by atoms with E-state index in [0.717, 1.165) is 27.5 Å². The number of hydrogen-bond donors (Lipinski definition) is 1. The summed E-state index contributed by atoms with van der Waals surface area (Å²) in [5.41, 5.74) is 5.44. The number of hydrogen-bond acceptors (Lipinski definition) is 4. The second-order valence-corrected chi connectivity index (χ2v) is 7.29. The molecule has 5 nitrogen and oxygen atoms in total. The Morgan fingerprint density at radius 2 is 1.69 bits per heavy atom. The van der Waals surface area contributed by atoms with Crippen LogP contribution in [-0.4, -0.2) is 19.2 Å². The van der Waals surface area contributed by atoms with Gasteiger partial charge in [-0.1, -0.05) is 72.8 Å². The van der Waals surface area contributed by atoms with Crippen LogP contribution in [0.25, 0.3) is 10.8 Å². The molecule has 0 saturated carbocycles. The largest absolute Gasteiger partial charge is 0.493 e. The van der Waals surface area contributed by atoms with Gasteiger partial charge in [-0.2, -0.15) is 5.10 Å². The van der Waals surface area contributed by atoms with Crippen LogP contribution in [0, 0.1) is 0 Å². The van der Waals surface area contributed by atoms with Gasteiger partial charge in [0.2, 0.25) is 5.91 Å². The summed E-state index contributed by atoms with van der Waals surface area (Å²) in [5, 5.41) is 6.28. The molecule has 0 aromatic heterocycles. The molecule has 0 fully saturated rings. The van der Waals surface area contributed by atoms with Gasteiger partial charge in [-0.25, -0.2) is 5.43 Å². The van der Waals surface area contributed by atoms with E-state index in [-0.39, 0.29) is 12.3 Å². The first-order chi connectivity index (χ1) is 15.7. The number of carbonyl (C=O) groups excluding carboxylic acids is 1. The third-order valence-electron chi connectivity index (χ3n) is 5.06. The zero-order valence-electron chi connectivity index (χ0n) is 17.8. The third-order valence-corrected chi connectivity index (χ3v) is 5.06. The Morgan fingerprint density at radius 1 is 0.906 bits per heavy atom. The lowest BCUT2D eigenvalue weighted by atomic mass is 10.0. The van der Waals surface area contributed by atoms with Crippen LogP contribution in [0.4, 0.5) is 0 Å². The molecule has 0 aliphatic rings. The van der Waals surface area contributed by atoms with Gasteiger partial charge < -0.3 is 9.47 Å². The van der Waals surface area contributed by atoms with E-state index < -0.39 is 0 Å². The number of rotatable bonds is 8. The molecule has 0 spiro atoms. The second-order valence-electron chi connectivity index (χ2n) is 7.29. The van der Waals surface area contributed by atoms with Crippen LogP contribution in [-0.2, 0) is 17.8 Å². The number of fused-ring (bicyclic) bond motifs is 1. The number of nitrogens with one attached hydrogen (secondary N) is 1. The number of nitrogens with zero attached hydrogens (tertiary/aromatic N) is 1. The predicted molar refractivity (Wildman–Crippen MR) is 127 cm³/mol. The van der Waals surface area contributed by atoms with E-state index in [1.807, 2.05) is 91.0 Å². The van der Waals surface area contributed by atoms with Gasteiger partial charge in [0, 0.05) is 0 Å². The first-order valence-electron chi connectivity index (χ1n) is 10.4. The van der Waals surface area contributed by atoms with Crippen molar-refractivity contribution in [1.29, 1.82) is 0 Å². The Balaban J connectivity index is 1.37. The third kappa shape index (κ3) is 5.32. The van der Waals surface area contributed by atoms with E-state index in [1.165, 1.54) is 0 Å². The lowest BCUT2D eigenvalue weighted by Crippen LogP contribution is -2.19. The van der Waals surface area contributed by atoms with Gasteiger partial charge in [0.25, 0.3) is 0 Å². The topological polar surface area (TPSA) is 59.9 Å². The van der Waals surface area contributed by atoms with Crippen LogP contribution in [0.3, 0.4) is 0 Å². The summed E-state index contributed by atoms with van der Waals surface area (Å²) < 4.78 is 11.3. The van der Waals surface area contributed by atoms with Gasteiger partial charge in [0.15, 0.2) is 11.5 Å². The van der Waals surface area contributed by atoms with Crippen LogP contribution >= 0.6 is 0 Å². The average Bonchev–Trinajstić information content (AvgIpc) is 2.84. The predicted octanol–water partition coefficient (Wildman–Crippen LogP) is 5.12. The van der Waals surface area contributed by atoms with Gasteiger partial charge in [0.05, 0.1) is 19.7 Å². The standard InChI is InChI=1S/C27H24N2O3/c1-31-26-16-21(14-15-25(26)32-19-20-8-3-2-4-9-20)18-28-29-27(30)17-23-12-7-11-22-10-5-6-13-24(22)23/h2-16,18H,17,19H2,1H3,(H,29,30)/b28-18-.